The number of hydrogen-bond acceptors (Lipinski definition) is 8. The zero-order valence-corrected chi connectivity index (χ0v) is 21.4. The van der Waals surface area contributed by atoms with Crippen LogP contribution in [0.15, 0.2) is 30.3 Å². The predicted molar refractivity (Wildman–Crippen MR) is 139 cm³/mol. The van der Waals surface area contributed by atoms with E-state index in [-0.39, 0.29) is 19.3 Å². The van der Waals surface area contributed by atoms with E-state index in [1.807, 2.05) is 6.07 Å². The van der Waals surface area contributed by atoms with Gasteiger partial charge >= 0.3 is 5.97 Å². The average Bonchev–Trinajstić information content (AvgIpc) is 2.86. The molecule has 0 saturated carbocycles. The Morgan fingerprint density at radius 2 is 1.27 bits per heavy atom. The molecule has 1 aromatic carbocycles. The van der Waals surface area contributed by atoms with E-state index in [2.05, 4.69) is 16.0 Å². The number of nitrogens with two attached hydrogens (primary N) is 3. The number of amides is 3. The Morgan fingerprint density at radius 1 is 0.784 bits per heavy atom. The molecule has 208 valence electrons. The minimum absolute atomic E-state index is 0.110. The van der Waals surface area contributed by atoms with Gasteiger partial charge in [0.1, 0.15) is 24.2 Å². The van der Waals surface area contributed by atoms with E-state index >= 15 is 0 Å². The van der Waals surface area contributed by atoms with Gasteiger partial charge in [-0.2, -0.15) is 0 Å². The summed E-state index contributed by atoms with van der Waals surface area (Å²) in [5.41, 5.74) is 17.5. The van der Waals surface area contributed by atoms with E-state index in [0.29, 0.717) is 38.8 Å². The number of hydrogen-bond donors (Lipinski definition) is 8. The maximum absolute atomic E-state index is 13.3. The van der Waals surface area contributed by atoms with Crippen molar-refractivity contribution in [3.05, 3.63) is 35.9 Å². The van der Waals surface area contributed by atoms with Gasteiger partial charge in [-0.1, -0.05) is 30.3 Å². The highest BCUT2D eigenvalue weighted by Gasteiger charge is 2.31. The third-order valence-corrected chi connectivity index (χ3v) is 5.88. The minimum atomic E-state index is -1.25. The van der Waals surface area contributed by atoms with E-state index in [1.165, 1.54) is 6.92 Å². The molecule has 0 spiro atoms. The Balaban J connectivity index is 3.07. The number of aliphatic hydroxyl groups is 1. The molecule has 5 atom stereocenters. The lowest BCUT2D eigenvalue weighted by Gasteiger charge is -2.26. The van der Waals surface area contributed by atoms with Gasteiger partial charge < -0.3 is 43.4 Å². The zero-order chi connectivity index (χ0) is 27.8. The van der Waals surface area contributed by atoms with Crippen LogP contribution in [0.1, 0.15) is 51.0 Å². The van der Waals surface area contributed by atoms with Crippen LogP contribution >= 0.6 is 0 Å². The molecule has 0 aromatic heterocycles. The highest BCUT2D eigenvalue weighted by atomic mass is 16.4. The number of carbonyl (C=O) groups excluding carboxylic acids is 3. The lowest BCUT2D eigenvalue weighted by Crippen LogP contribution is -2.58. The molecule has 3 amide bonds. The van der Waals surface area contributed by atoms with Gasteiger partial charge in [-0.15, -0.1) is 0 Å². The summed E-state index contributed by atoms with van der Waals surface area (Å²) in [4.78, 5) is 50.5. The quantitative estimate of drug-likeness (QED) is 0.107. The van der Waals surface area contributed by atoms with Crippen LogP contribution in [0, 0.1) is 0 Å². The molecule has 0 bridgehead atoms. The van der Waals surface area contributed by atoms with Crippen molar-refractivity contribution < 1.29 is 29.4 Å². The summed E-state index contributed by atoms with van der Waals surface area (Å²) in [5, 5.41) is 26.9. The highest BCUT2D eigenvalue weighted by molar-refractivity contribution is 5.94. The van der Waals surface area contributed by atoms with Crippen molar-refractivity contribution in [3.63, 3.8) is 0 Å². The average molecular weight is 523 g/mol. The van der Waals surface area contributed by atoms with Crippen LogP contribution in [0.4, 0.5) is 0 Å². The maximum Gasteiger partial charge on any atom is 0.326 e. The van der Waals surface area contributed by atoms with Gasteiger partial charge in [0.15, 0.2) is 0 Å². The molecule has 1 rings (SSSR count). The molecule has 12 nitrogen and oxygen atoms in total. The van der Waals surface area contributed by atoms with Crippen LogP contribution in [0.25, 0.3) is 0 Å². The Morgan fingerprint density at radius 3 is 1.78 bits per heavy atom. The minimum Gasteiger partial charge on any atom is -0.480 e. The Kier molecular flexibility index (Phi) is 15.0. The summed E-state index contributed by atoms with van der Waals surface area (Å²) < 4.78 is 0. The van der Waals surface area contributed by atoms with E-state index in [0.717, 1.165) is 5.56 Å². The molecular weight excluding hydrogens is 480 g/mol. The van der Waals surface area contributed by atoms with E-state index in [9.17, 15) is 29.4 Å². The molecule has 12 heteroatoms. The summed E-state index contributed by atoms with van der Waals surface area (Å²) in [6, 6.07) is 4.43. The number of aliphatic hydroxyl groups excluding tert-OH is 1. The van der Waals surface area contributed by atoms with Crippen LogP contribution in [-0.4, -0.2) is 77.3 Å². The van der Waals surface area contributed by atoms with E-state index < -0.39 is 54.0 Å². The Hall–Kier alpha value is -3.06. The standard InChI is InChI=1S/C25H42N6O6/c1-16(32)21(28)24(35)31-20(15-17-9-3-2-4-10-17)23(34)29-18(11-5-7-13-26)22(33)30-19(25(36)37)12-6-8-14-27/h2-4,9-10,16,18-21,32H,5-8,11-15,26-28H2,1H3,(H,29,34)(H,30,33)(H,31,35)(H,36,37). The zero-order valence-electron chi connectivity index (χ0n) is 21.4. The highest BCUT2D eigenvalue weighted by Crippen LogP contribution is 2.08. The van der Waals surface area contributed by atoms with Crippen molar-refractivity contribution in [1.82, 2.24) is 16.0 Å². The Labute approximate surface area is 217 Å². The summed E-state index contributed by atoms with van der Waals surface area (Å²) in [6.07, 6.45) is 1.66. The first-order chi connectivity index (χ1) is 17.6. The number of carboxylic acid groups (broad SMARTS) is 1. The second-order valence-electron chi connectivity index (χ2n) is 9.05. The molecule has 0 aliphatic carbocycles. The number of carbonyl (C=O) groups is 4. The maximum atomic E-state index is 13.3. The van der Waals surface area contributed by atoms with Crippen LogP contribution < -0.4 is 33.2 Å². The molecule has 0 heterocycles. The van der Waals surface area contributed by atoms with Crippen molar-refractivity contribution in [2.75, 3.05) is 13.1 Å². The smallest absolute Gasteiger partial charge is 0.326 e. The number of rotatable bonds is 18. The SMILES string of the molecule is CC(O)C(N)C(=O)NC(Cc1ccccc1)C(=O)NC(CCCCN)C(=O)NC(CCCCN)C(=O)O. The molecular formula is C25H42N6O6. The van der Waals surface area contributed by atoms with Crippen molar-refractivity contribution >= 4 is 23.7 Å². The summed E-state index contributed by atoms with van der Waals surface area (Å²) in [7, 11) is 0. The van der Waals surface area contributed by atoms with Crippen LogP contribution in [0.3, 0.4) is 0 Å². The molecule has 5 unspecified atom stereocenters. The molecule has 0 saturated heterocycles. The van der Waals surface area contributed by atoms with Crippen molar-refractivity contribution in [2.45, 2.75) is 82.1 Å². The molecule has 0 radical (unpaired) electrons. The predicted octanol–water partition coefficient (Wildman–Crippen LogP) is -1.27. The van der Waals surface area contributed by atoms with Gasteiger partial charge in [-0.3, -0.25) is 14.4 Å². The van der Waals surface area contributed by atoms with Crippen LogP contribution in [-0.2, 0) is 25.6 Å². The van der Waals surface area contributed by atoms with E-state index in [4.69, 9.17) is 17.2 Å². The van der Waals surface area contributed by atoms with Gasteiger partial charge in [-0.25, -0.2) is 4.79 Å². The number of unbranched alkanes of at least 4 members (excludes halogenated alkanes) is 2. The van der Waals surface area contributed by atoms with Crippen molar-refractivity contribution in [3.8, 4) is 0 Å². The number of carboxylic acids is 1. The molecule has 11 N–H and O–H groups in total. The Bertz CT molecular complexity index is 853. The molecule has 37 heavy (non-hydrogen) atoms. The van der Waals surface area contributed by atoms with Gasteiger partial charge in [-0.05, 0) is 64.1 Å². The first-order valence-corrected chi connectivity index (χ1v) is 12.6. The second-order valence-corrected chi connectivity index (χ2v) is 9.05. The van der Waals surface area contributed by atoms with E-state index in [1.54, 1.807) is 24.3 Å². The van der Waals surface area contributed by atoms with Crippen molar-refractivity contribution in [1.29, 1.82) is 0 Å². The fourth-order valence-electron chi connectivity index (χ4n) is 3.60. The lowest BCUT2D eigenvalue weighted by atomic mass is 10.0. The summed E-state index contributed by atoms with van der Waals surface area (Å²) in [6.45, 7) is 2.16. The summed E-state index contributed by atoms with van der Waals surface area (Å²) >= 11 is 0. The fraction of sp³-hybridized carbons (Fsp3) is 0.600. The number of aliphatic carboxylic acids is 1. The molecule has 0 fully saturated rings. The largest absolute Gasteiger partial charge is 0.480 e. The van der Waals surface area contributed by atoms with Gasteiger partial charge in [0.05, 0.1) is 6.10 Å². The lowest BCUT2D eigenvalue weighted by molar-refractivity contribution is -0.142. The number of benzene rings is 1. The first kappa shape index (κ1) is 32.0. The second kappa shape index (κ2) is 17.4. The van der Waals surface area contributed by atoms with Gasteiger partial charge in [0.2, 0.25) is 17.7 Å². The molecule has 0 aliphatic heterocycles. The third kappa shape index (κ3) is 12.2. The molecule has 1 aromatic rings. The molecule has 0 aliphatic rings. The van der Waals surface area contributed by atoms with Gasteiger partial charge in [0, 0.05) is 6.42 Å². The number of nitrogens with one attached hydrogen (secondary N) is 3. The topological polar surface area (TPSA) is 223 Å². The monoisotopic (exact) mass is 522 g/mol. The van der Waals surface area contributed by atoms with Gasteiger partial charge in [0.25, 0.3) is 0 Å². The van der Waals surface area contributed by atoms with Crippen LogP contribution in [0.2, 0.25) is 0 Å². The summed E-state index contributed by atoms with van der Waals surface area (Å²) in [5.74, 6) is -3.19. The fourth-order valence-corrected chi connectivity index (χ4v) is 3.60. The van der Waals surface area contributed by atoms with Crippen molar-refractivity contribution in [2.24, 2.45) is 17.2 Å². The van der Waals surface area contributed by atoms with Crippen LogP contribution in [0.5, 0.6) is 0 Å². The first-order valence-electron chi connectivity index (χ1n) is 12.6. The normalized spacial score (nSPS) is 15.1. The third-order valence-electron chi connectivity index (χ3n) is 5.88.